The number of hydrogen-bond acceptors (Lipinski definition) is 4. The number of carbonyl (C=O) groups excluding carboxylic acids is 2. The molecule has 0 aliphatic heterocycles. The summed E-state index contributed by atoms with van der Waals surface area (Å²) in [7, 11) is 1.63. The van der Waals surface area contributed by atoms with E-state index in [2.05, 4.69) is 15.4 Å². The lowest BCUT2D eigenvalue weighted by molar-refractivity contribution is -0.274. The van der Waals surface area contributed by atoms with E-state index in [1.54, 1.807) is 18.9 Å². The summed E-state index contributed by atoms with van der Waals surface area (Å²) >= 11 is 0. The molecule has 0 unspecified atom stereocenters. The summed E-state index contributed by atoms with van der Waals surface area (Å²) in [5, 5.41) is 5.51. The van der Waals surface area contributed by atoms with Crippen molar-refractivity contribution >= 4 is 23.2 Å². The maximum absolute atomic E-state index is 12.8. The third kappa shape index (κ3) is 7.08. The lowest BCUT2D eigenvalue weighted by Gasteiger charge is -2.24. The van der Waals surface area contributed by atoms with E-state index in [0.717, 1.165) is 23.3 Å². The SMILES string of the molecule is C[C@H](C(=O)Nc1ccccc1-c1ccccc1)N(C)CC(=O)Nc1ccc(OC(F)(F)F)cc1. The van der Waals surface area contributed by atoms with Crippen LogP contribution in [0.3, 0.4) is 0 Å². The van der Waals surface area contributed by atoms with Gasteiger partial charge in [0.15, 0.2) is 0 Å². The lowest BCUT2D eigenvalue weighted by atomic mass is 10.0. The molecule has 0 fully saturated rings. The van der Waals surface area contributed by atoms with Crippen LogP contribution in [0.15, 0.2) is 78.9 Å². The van der Waals surface area contributed by atoms with Gasteiger partial charge in [-0.05, 0) is 49.9 Å². The van der Waals surface area contributed by atoms with Crippen LogP contribution in [0, 0.1) is 0 Å². The molecule has 3 aromatic rings. The summed E-state index contributed by atoms with van der Waals surface area (Å²) in [6.45, 7) is 1.58. The van der Waals surface area contributed by atoms with E-state index in [9.17, 15) is 22.8 Å². The minimum Gasteiger partial charge on any atom is -0.406 e. The van der Waals surface area contributed by atoms with Crippen LogP contribution >= 0.6 is 0 Å². The Bertz CT molecular complexity index is 1120. The van der Waals surface area contributed by atoms with Crippen LogP contribution in [-0.4, -0.2) is 42.7 Å². The molecule has 1 atom stereocenters. The molecule has 0 radical (unpaired) electrons. The summed E-state index contributed by atoms with van der Waals surface area (Å²) in [5.74, 6) is -1.09. The van der Waals surface area contributed by atoms with Crippen LogP contribution in [-0.2, 0) is 9.59 Å². The molecule has 0 aromatic heterocycles. The zero-order valence-corrected chi connectivity index (χ0v) is 18.6. The van der Waals surface area contributed by atoms with Gasteiger partial charge in [0.25, 0.3) is 0 Å². The van der Waals surface area contributed by atoms with Crippen LogP contribution in [0.4, 0.5) is 24.5 Å². The van der Waals surface area contributed by atoms with Gasteiger partial charge in [0, 0.05) is 16.9 Å². The highest BCUT2D eigenvalue weighted by atomic mass is 19.4. The molecular formula is C25H24F3N3O3. The molecule has 3 aromatic carbocycles. The smallest absolute Gasteiger partial charge is 0.406 e. The van der Waals surface area contributed by atoms with Crippen LogP contribution in [0.25, 0.3) is 11.1 Å². The molecule has 2 N–H and O–H groups in total. The van der Waals surface area contributed by atoms with Crippen LogP contribution < -0.4 is 15.4 Å². The molecule has 34 heavy (non-hydrogen) atoms. The van der Waals surface area contributed by atoms with Crippen molar-refractivity contribution < 1.29 is 27.5 Å². The molecule has 3 rings (SSSR count). The Hall–Kier alpha value is -3.85. The second-order valence-corrected chi connectivity index (χ2v) is 7.61. The predicted octanol–water partition coefficient (Wildman–Crippen LogP) is 5.15. The second kappa shape index (κ2) is 10.8. The zero-order chi connectivity index (χ0) is 24.7. The number of likely N-dealkylation sites (N-methyl/N-ethyl adjacent to an activating group) is 1. The summed E-state index contributed by atoms with van der Waals surface area (Å²) in [6.07, 6.45) is -4.79. The summed E-state index contributed by atoms with van der Waals surface area (Å²) in [4.78, 5) is 26.8. The molecular weight excluding hydrogens is 447 g/mol. The van der Waals surface area contributed by atoms with Crippen molar-refractivity contribution in [2.75, 3.05) is 24.2 Å². The summed E-state index contributed by atoms with van der Waals surface area (Å²) < 4.78 is 40.6. The van der Waals surface area contributed by atoms with Crippen LogP contribution in [0.5, 0.6) is 5.75 Å². The highest BCUT2D eigenvalue weighted by Crippen LogP contribution is 2.28. The van der Waals surface area contributed by atoms with E-state index in [-0.39, 0.29) is 18.2 Å². The largest absolute Gasteiger partial charge is 0.573 e. The van der Waals surface area contributed by atoms with Gasteiger partial charge in [-0.25, -0.2) is 0 Å². The fourth-order valence-electron chi connectivity index (χ4n) is 3.20. The molecule has 2 amide bonds. The first kappa shape index (κ1) is 24.8. The fraction of sp³-hybridized carbons (Fsp3) is 0.200. The highest BCUT2D eigenvalue weighted by Gasteiger charge is 2.31. The van der Waals surface area contributed by atoms with Gasteiger partial charge >= 0.3 is 6.36 Å². The summed E-state index contributed by atoms with van der Waals surface area (Å²) in [5.41, 5.74) is 2.80. The predicted molar refractivity (Wildman–Crippen MR) is 124 cm³/mol. The Kier molecular flexibility index (Phi) is 7.91. The number of ether oxygens (including phenoxy) is 1. The maximum Gasteiger partial charge on any atom is 0.573 e. The third-order valence-corrected chi connectivity index (χ3v) is 5.07. The first-order valence-electron chi connectivity index (χ1n) is 10.4. The van der Waals surface area contributed by atoms with E-state index >= 15 is 0 Å². The molecule has 0 saturated carbocycles. The minimum absolute atomic E-state index is 0.101. The van der Waals surface area contributed by atoms with Crippen LogP contribution in [0.2, 0.25) is 0 Å². The van der Waals surface area contributed by atoms with Crippen molar-refractivity contribution in [3.8, 4) is 16.9 Å². The number of benzene rings is 3. The van der Waals surface area contributed by atoms with Gasteiger partial charge in [-0.2, -0.15) is 0 Å². The number of para-hydroxylation sites is 1. The van der Waals surface area contributed by atoms with Crippen molar-refractivity contribution in [3.63, 3.8) is 0 Å². The Morgan fingerprint density at radius 2 is 1.53 bits per heavy atom. The number of carbonyl (C=O) groups is 2. The van der Waals surface area contributed by atoms with Gasteiger partial charge in [0.2, 0.25) is 11.8 Å². The number of alkyl halides is 3. The van der Waals surface area contributed by atoms with E-state index in [1.165, 1.54) is 12.1 Å². The topological polar surface area (TPSA) is 70.7 Å². The van der Waals surface area contributed by atoms with Gasteiger partial charge in [0.05, 0.1) is 12.6 Å². The standard InChI is InChI=1S/C25H24F3N3O3/c1-17(24(33)30-22-11-7-6-10-21(22)18-8-4-3-5-9-18)31(2)16-23(32)29-19-12-14-20(15-13-19)34-25(26,27)28/h3-15,17H,16H2,1-2H3,(H,29,32)(H,30,33)/t17-/m1/s1. The lowest BCUT2D eigenvalue weighted by Crippen LogP contribution is -2.43. The number of anilines is 2. The molecule has 0 heterocycles. The first-order valence-corrected chi connectivity index (χ1v) is 10.4. The molecule has 0 bridgehead atoms. The average molecular weight is 471 g/mol. The van der Waals surface area contributed by atoms with E-state index in [0.29, 0.717) is 11.4 Å². The Morgan fingerprint density at radius 1 is 0.912 bits per heavy atom. The third-order valence-electron chi connectivity index (χ3n) is 5.07. The van der Waals surface area contributed by atoms with Crippen molar-refractivity contribution in [3.05, 3.63) is 78.9 Å². The average Bonchev–Trinajstić information content (AvgIpc) is 2.79. The number of rotatable bonds is 8. The van der Waals surface area contributed by atoms with Crippen molar-refractivity contribution in [1.82, 2.24) is 4.90 Å². The van der Waals surface area contributed by atoms with E-state index in [1.807, 2.05) is 54.6 Å². The fourth-order valence-corrected chi connectivity index (χ4v) is 3.20. The van der Waals surface area contributed by atoms with Gasteiger partial charge in [-0.15, -0.1) is 13.2 Å². The van der Waals surface area contributed by atoms with Crippen LogP contribution in [0.1, 0.15) is 6.92 Å². The Balaban J connectivity index is 1.57. The van der Waals surface area contributed by atoms with Crippen molar-refractivity contribution in [2.24, 2.45) is 0 Å². The quantitative estimate of drug-likeness (QED) is 0.477. The molecule has 178 valence electrons. The molecule has 6 nitrogen and oxygen atoms in total. The molecule has 0 aliphatic carbocycles. The van der Waals surface area contributed by atoms with Gasteiger partial charge < -0.3 is 15.4 Å². The molecule has 9 heteroatoms. The molecule has 0 aliphatic rings. The maximum atomic E-state index is 12.8. The molecule has 0 spiro atoms. The van der Waals surface area contributed by atoms with Crippen molar-refractivity contribution in [2.45, 2.75) is 19.3 Å². The van der Waals surface area contributed by atoms with E-state index in [4.69, 9.17) is 0 Å². The zero-order valence-electron chi connectivity index (χ0n) is 18.6. The number of hydrogen-bond donors (Lipinski definition) is 2. The Morgan fingerprint density at radius 3 is 2.18 bits per heavy atom. The van der Waals surface area contributed by atoms with Gasteiger partial charge in [0.1, 0.15) is 5.75 Å². The number of nitrogens with one attached hydrogen (secondary N) is 2. The first-order chi connectivity index (χ1) is 16.1. The Labute approximate surface area is 195 Å². The summed E-state index contributed by atoms with van der Waals surface area (Å²) in [6, 6.07) is 21.3. The second-order valence-electron chi connectivity index (χ2n) is 7.61. The minimum atomic E-state index is -4.79. The number of amides is 2. The van der Waals surface area contributed by atoms with Crippen molar-refractivity contribution in [1.29, 1.82) is 0 Å². The number of nitrogens with zero attached hydrogens (tertiary/aromatic N) is 1. The number of halogens is 3. The monoisotopic (exact) mass is 471 g/mol. The van der Waals surface area contributed by atoms with Gasteiger partial charge in [-0.3, -0.25) is 14.5 Å². The normalized spacial score (nSPS) is 12.2. The van der Waals surface area contributed by atoms with E-state index < -0.39 is 18.3 Å². The van der Waals surface area contributed by atoms with Gasteiger partial charge in [-0.1, -0.05) is 48.5 Å². The highest BCUT2D eigenvalue weighted by molar-refractivity contribution is 5.99. The molecule has 0 saturated heterocycles.